The predicted molar refractivity (Wildman–Crippen MR) is 117 cm³/mol. The molecule has 0 radical (unpaired) electrons. The van der Waals surface area contributed by atoms with Gasteiger partial charge in [-0.3, -0.25) is 33.6 Å². The minimum atomic E-state index is -0.833. The maximum atomic E-state index is 9.00. The molecule has 0 aliphatic rings. The van der Waals surface area contributed by atoms with E-state index in [2.05, 4.69) is 4.74 Å². The second kappa shape index (κ2) is 47.1. The van der Waals surface area contributed by atoms with Crippen LogP contribution in [0.2, 0.25) is 0 Å². The van der Waals surface area contributed by atoms with Crippen LogP contribution in [0.15, 0.2) is 0 Å². The summed E-state index contributed by atoms with van der Waals surface area (Å²) in [6.45, 7) is 9.70. The maximum Gasteiger partial charge on any atom is 0.300 e. The number of aliphatic carboxylic acids is 7. The summed E-state index contributed by atoms with van der Waals surface area (Å²) in [4.78, 5) is 63.0. The van der Waals surface area contributed by atoms with E-state index in [0.717, 1.165) is 48.5 Å². The molecule has 0 aliphatic carbocycles. The zero-order chi connectivity index (χ0) is 30.0. The van der Waals surface area contributed by atoms with Crippen molar-refractivity contribution in [1.29, 1.82) is 0 Å². The average molecular weight is 510 g/mol. The van der Waals surface area contributed by atoms with Gasteiger partial charge in [0.2, 0.25) is 0 Å². The molecule has 0 aromatic rings. The van der Waals surface area contributed by atoms with Crippen molar-refractivity contribution >= 4 is 41.8 Å². The van der Waals surface area contributed by atoms with E-state index in [1.807, 2.05) is 0 Å². The number of carbonyl (C=O) groups is 7. The molecule has 1 atom stereocenters. The monoisotopic (exact) mass is 510 g/mol. The van der Waals surface area contributed by atoms with Crippen molar-refractivity contribution in [3.05, 3.63) is 0 Å². The molecule has 16 heteroatoms. The van der Waals surface area contributed by atoms with Gasteiger partial charge in [-0.1, -0.05) is 0 Å². The van der Waals surface area contributed by atoms with Gasteiger partial charge >= 0.3 is 0 Å². The summed E-state index contributed by atoms with van der Waals surface area (Å²) in [6.07, 6.45) is -0.324. The molecule has 0 aliphatic heterocycles. The zero-order valence-electron chi connectivity index (χ0n) is 20.6. The Morgan fingerprint density at radius 2 is 0.588 bits per heavy atom. The van der Waals surface area contributed by atoms with Crippen LogP contribution in [0.4, 0.5) is 0 Å². The summed E-state index contributed by atoms with van der Waals surface area (Å²) in [5.74, 6) is -5.83. The minimum absolute atomic E-state index is 0.324. The Bertz CT molecular complexity index is 380. The molecule has 0 amide bonds. The van der Waals surface area contributed by atoms with Gasteiger partial charge in [0, 0.05) is 55.6 Å². The Kier molecular flexibility index (Phi) is 72.4. The molecule has 0 saturated heterocycles. The molecule has 34 heavy (non-hydrogen) atoms. The van der Waals surface area contributed by atoms with Crippen molar-refractivity contribution in [2.45, 2.75) is 61.5 Å². The molecule has 16 nitrogen and oxygen atoms in total. The molecule has 206 valence electrons. The lowest BCUT2D eigenvalue weighted by atomic mass is 10.5. The van der Waals surface area contributed by atoms with Crippen molar-refractivity contribution < 1.29 is 79.2 Å². The number of aliphatic hydroxyl groups excluding tert-OH is 1. The van der Waals surface area contributed by atoms with E-state index < -0.39 is 41.8 Å². The molecular weight excluding hydrogens is 472 g/mol. The van der Waals surface area contributed by atoms with Crippen molar-refractivity contribution in [3.8, 4) is 0 Å². The fraction of sp³-hybridized carbons (Fsp3) is 0.611. The molecule has 0 aromatic carbocycles. The van der Waals surface area contributed by atoms with Gasteiger partial charge in [0.05, 0.1) is 12.7 Å². The van der Waals surface area contributed by atoms with E-state index in [9.17, 15) is 0 Å². The smallest absolute Gasteiger partial charge is 0.300 e. The first-order chi connectivity index (χ1) is 14.9. The van der Waals surface area contributed by atoms with Crippen molar-refractivity contribution in [1.82, 2.24) is 0 Å². The molecule has 0 aromatic heterocycles. The van der Waals surface area contributed by atoms with Crippen LogP contribution in [0.1, 0.15) is 55.4 Å². The SMILES string of the molecule is CC(=O)O.CC(=O)O.CC(=O)O.CC(=O)O.CC(=O)O.CC(=O)O.CC(=O)O.COCC(C)O. The highest BCUT2D eigenvalue weighted by molar-refractivity contribution is 5.64. The Labute approximate surface area is 197 Å². The second-order valence-electron chi connectivity index (χ2n) is 4.94. The van der Waals surface area contributed by atoms with E-state index in [1.54, 1.807) is 14.0 Å². The number of hydrogen-bond donors (Lipinski definition) is 8. The van der Waals surface area contributed by atoms with Gasteiger partial charge in [0.15, 0.2) is 0 Å². The number of hydrogen-bond acceptors (Lipinski definition) is 9. The maximum absolute atomic E-state index is 9.00. The highest BCUT2D eigenvalue weighted by Crippen LogP contribution is 1.75. The van der Waals surface area contributed by atoms with Crippen LogP contribution in [-0.2, 0) is 38.3 Å². The lowest BCUT2D eigenvalue weighted by Crippen LogP contribution is -2.07. The number of carboxylic acid groups (broad SMARTS) is 7. The van der Waals surface area contributed by atoms with E-state index >= 15 is 0 Å². The first-order valence-electron chi connectivity index (χ1n) is 8.43. The standard InChI is InChI=1S/C4H10O2.7C2H4O2/c1-4(5)3-6-2;7*1-2(3)4/h4-5H,3H2,1-2H3;7*1H3,(H,3,4). The van der Waals surface area contributed by atoms with Gasteiger partial charge in [-0.25, -0.2) is 0 Å². The third kappa shape index (κ3) is 33500. The average Bonchev–Trinajstić information content (AvgIpc) is 2.41. The highest BCUT2D eigenvalue weighted by atomic mass is 16.5. The van der Waals surface area contributed by atoms with Crippen LogP contribution in [0.25, 0.3) is 0 Å². The Morgan fingerprint density at radius 3 is 0.588 bits per heavy atom. The van der Waals surface area contributed by atoms with Crippen LogP contribution in [0.5, 0.6) is 0 Å². The van der Waals surface area contributed by atoms with Gasteiger partial charge in [-0.2, -0.15) is 0 Å². The van der Waals surface area contributed by atoms with Crippen LogP contribution in [0, 0.1) is 0 Å². The first-order valence-corrected chi connectivity index (χ1v) is 8.43. The largest absolute Gasteiger partial charge is 0.481 e. The Balaban J connectivity index is -0.0000000381. The summed E-state index contributed by atoms with van der Waals surface area (Å²) >= 11 is 0. The summed E-state index contributed by atoms with van der Waals surface area (Å²) in [5, 5.41) is 60.3. The van der Waals surface area contributed by atoms with Crippen LogP contribution < -0.4 is 0 Å². The lowest BCUT2D eigenvalue weighted by molar-refractivity contribution is -0.135. The number of rotatable bonds is 2. The van der Waals surface area contributed by atoms with Gasteiger partial charge in [0.25, 0.3) is 41.8 Å². The van der Waals surface area contributed by atoms with Crippen molar-refractivity contribution in [2.75, 3.05) is 13.7 Å². The molecule has 0 rings (SSSR count). The van der Waals surface area contributed by atoms with Crippen molar-refractivity contribution in [3.63, 3.8) is 0 Å². The van der Waals surface area contributed by atoms with Gasteiger partial charge in [0.1, 0.15) is 0 Å². The fourth-order valence-corrected chi connectivity index (χ4v) is 0.241. The van der Waals surface area contributed by atoms with Gasteiger partial charge in [-0.15, -0.1) is 0 Å². The molecule has 0 saturated carbocycles. The molecule has 1 unspecified atom stereocenters. The molecule has 0 spiro atoms. The molecular formula is C18H38O16. The zero-order valence-corrected chi connectivity index (χ0v) is 20.6. The number of methoxy groups -OCH3 is 1. The number of carboxylic acids is 7. The minimum Gasteiger partial charge on any atom is -0.481 e. The van der Waals surface area contributed by atoms with E-state index in [0.29, 0.717) is 6.61 Å². The molecule has 0 fully saturated rings. The summed E-state index contributed by atoms with van der Waals surface area (Å²) in [7, 11) is 1.56. The quantitative estimate of drug-likeness (QED) is 0.253. The normalized spacial score (nSPS) is 7.71. The molecule has 8 N–H and O–H groups in total. The van der Waals surface area contributed by atoms with E-state index in [-0.39, 0.29) is 6.10 Å². The third-order valence-electron chi connectivity index (χ3n) is 0.408. The van der Waals surface area contributed by atoms with Crippen LogP contribution in [-0.4, -0.2) is 102 Å². The Hall–Kier alpha value is -3.79. The van der Waals surface area contributed by atoms with Crippen LogP contribution >= 0.6 is 0 Å². The van der Waals surface area contributed by atoms with Gasteiger partial charge < -0.3 is 45.6 Å². The van der Waals surface area contributed by atoms with E-state index in [4.69, 9.17) is 74.4 Å². The molecule has 0 bridgehead atoms. The summed E-state index contributed by atoms with van der Waals surface area (Å²) in [5.41, 5.74) is 0. The number of ether oxygens (including phenoxy) is 1. The second-order valence-corrected chi connectivity index (χ2v) is 4.94. The molecule has 0 heterocycles. The van der Waals surface area contributed by atoms with Gasteiger partial charge in [-0.05, 0) is 6.92 Å². The first kappa shape index (κ1) is 52.3. The lowest BCUT2D eigenvalue weighted by Gasteiger charge is -1.97. The summed E-state index contributed by atoms with van der Waals surface area (Å²) in [6, 6.07) is 0. The predicted octanol–water partition coefficient (Wildman–Crippen LogP) is 0.650. The highest BCUT2D eigenvalue weighted by Gasteiger charge is 1.87. The van der Waals surface area contributed by atoms with E-state index in [1.165, 1.54) is 0 Å². The van der Waals surface area contributed by atoms with Crippen molar-refractivity contribution in [2.24, 2.45) is 0 Å². The summed E-state index contributed by atoms with van der Waals surface area (Å²) < 4.78 is 4.55. The topological polar surface area (TPSA) is 291 Å². The Morgan fingerprint density at radius 1 is 0.500 bits per heavy atom. The van der Waals surface area contributed by atoms with Crippen LogP contribution in [0.3, 0.4) is 0 Å². The third-order valence-corrected chi connectivity index (χ3v) is 0.408. The fourth-order valence-electron chi connectivity index (χ4n) is 0.241. The number of aliphatic hydroxyl groups is 1.